The van der Waals surface area contributed by atoms with Gasteiger partial charge in [-0.15, -0.1) is 0 Å². The maximum Gasteiger partial charge on any atom is 0.345 e. The summed E-state index contributed by atoms with van der Waals surface area (Å²) >= 11 is 0. The molecule has 86 valence electrons. The van der Waals surface area contributed by atoms with Crippen molar-refractivity contribution in [2.24, 2.45) is 0 Å². The van der Waals surface area contributed by atoms with Crippen molar-refractivity contribution in [3.05, 3.63) is 38.4 Å². The van der Waals surface area contributed by atoms with E-state index >= 15 is 0 Å². The monoisotopic (exact) mass is 250 g/mol. The Morgan fingerprint density at radius 3 is 1.69 bits per heavy atom. The molecule has 0 aliphatic carbocycles. The highest BCUT2D eigenvalue weighted by Crippen LogP contribution is 2.33. The molecule has 0 atom stereocenters. The van der Waals surface area contributed by atoms with E-state index in [-0.39, 0.29) is 0 Å². The van der Waals surface area contributed by atoms with E-state index in [1.54, 1.807) is 0 Å². The van der Waals surface area contributed by atoms with Crippen LogP contribution in [0, 0.1) is 20.2 Å². The number of halogens is 1. The van der Waals surface area contributed by atoms with Gasteiger partial charge in [-0.05, 0) is 6.07 Å². The molecule has 0 aromatic heterocycles. The summed E-state index contributed by atoms with van der Waals surface area (Å²) in [5.41, 5.74) is -2.34. The molecule has 0 heterocycles. The van der Waals surface area contributed by atoms with Gasteiger partial charge in [-0.2, -0.15) is 8.42 Å². The third-order valence-electron chi connectivity index (χ3n) is 1.61. The Morgan fingerprint density at radius 1 is 1.06 bits per heavy atom. The van der Waals surface area contributed by atoms with Crippen molar-refractivity contribution in [1.29, 1.82) is 0 Å². The molecule has 0 radical (unpaired) electrons. The maximum absolute atomic E-state index is 12.7. The predicted molar refractivity (Wildman–Crippen MR) is 48.0 cm³/mol. The maximum atomic E-state index is 12.7. The third-order valence-corrected chi connectivity index (χ3v) is 2.52. The van der Waals surface area contributed by atoms with Gasteiger partial charge in [0.25, 0.3) is 16.3 Å². The van der Waals surface area contributed by atoms with Crippen LogP contribution in [-0.4, -0.2) is 18.3 Å². The molecule has 0 N–H and O–H groups in total. The first-order valence-corrected chi connectivity index (χ1v) is 5.00. The lowest BCUT2D eigenvalue weighted by Gasteiger charge is -1.98. The number of rotatable bonds is 3. The summed E-state index contributed by atoms with van der Waals surface area (Å²) in [5.74, 6) is 0. The van der Waals surface area contributed by atoms with Crippen molar-refractivity contribution in [3.63, 3.8) is 0 Å². The van der Waals surface area contributed by atoms with Gasteiger partial charge in [0.05, 0.1) is 9.85 Å². The van der Waals surface area contributed by atoms with Gasteiger partial charge in [-0.25, -0.2) is 0 Å². The lowest BCUT2D eigenvalue weighted by Crippen LogP contribution is -2.04. The van der Waals surface area contributed by atoms with Crippen LogP contribution in [0.4, 0.5) is 15.3 Å². The molecule has 0 bridgehead atoms. The first-order chi connectivity index (χ1) is 7.25. The van der Waals surface area contributed by atoms with Crippen molar-refractivity contribution in [3.8, 4) is 0 Å². The molecule has 0 saturated carbocycles. The van der Waals surface area contributed by atoms with Gasteiger partial charge in [-0.1, -0.05) is 3.89 Å². The molecular weight excluding hydrogens is 247 g/mol. The highest BCUT2D eigenvalue weighted by Gasteiger charge is 2.35. The SMILES string of the molecule is O=[N+]([O-])c1cccc([N+](=O)[O-])c1S(=O)(=O)F. The van der Waals surface area contributed by atoms with E-state index in [0.717, 1.165) is 6.07 Å². The molecule has 10 heteroatoms. The van der Waals surface area contributed by atoms with E-state index in [2.05, 4.69) is 0 Å². The van der Waals surface area contributed by atoms with Gasteiger partial charge in [0, 0.05) is 12.1 Å². The Morgan fingerprint density at radius 2 is 1.44 bits per heavy atom. The lowest BCUT2D eigenvalue weighted by atomic mass is 10.3. The van der Waals surface area contributed by atoms with E-state index in [1.807, 2.05) is 0 Å². The van der Waals surface area contributed by atoms with Crippen LogP contribution >= 0.6 is 0 Å². The minimum atomic E-state index is -5.54. The number of nitro groups is 2. The standard InChI is InChI=1S/C6H3FN2O6S/c7-16(14,15)6-4(8(10)11)2-1-3-5(6)9(12)13/h1-3H. The molecule has 0 saturated heterocycles. The van der Waals surface area contributed by atoms with Crippen molar-refractivity contribution in [2.75, 3.05) is 0 Å². The fourth-order valence-corrected chi connectivity index (χ4v) is 1.84. The van der Waals surface area contributed by atoms with Gasteiger partial charge < -0.3 is 0 Å². The van der Waals surface area contributed by atoms with E-state index in [1.165, 1.54) is 0 Å². The second-order valence-corrected chi connectivity index (χ2v) is 3.86. The second kappa shape index (κ2) is 3.81. The van der Waals surface area contributed by atoms with Gasteiger partial charge in [-0.3, -0.25) is 20.2 Å². The van der Waals surface area contributed by atoms with E-state index in [4.69, 9.17) is 0 Å². The van der Waals surface area contributed by atoms with Crippen LogP contribution in [0.5, 0.6) is 0 Å². The average Bonchev–Trinajstić information content (AvgIpc) is 2.15. The molecule has 8 nitrogen and oxygen atoms in total. The van der Waals surface area contributed by atoms with E-state index < -0.39 is 36.3 Å². The Hall–Kier alpha value is -2.10. The average molecular weight is 250 g/mol. The summed E-state index contributed by atoms with van der Waals surface area (Å²) in [4.78, 5) is 16.8. The first kappa shape index (κ1) is 12.0. The Bertz CT molecular complexity index is 536. The molecule has 0 spiro atoms. The van der Waals surface area contributed by atoms with Crippen LogP contribution in [0.25, 0.3) is 0 Å². The largest absolute Gasteiger partial charge is 0.345 e. The fourth-order valence-electron chi connectivity index (χ4n) is 1.05. The summed E-state index contributed by atoms with van der Waals surface area (Å²) in [5, 5.41) is 20.8. The number of nitro benzene ring substituents is 2. The summed E-state index contributed by atoms with van der Waals surface area (Å²) in [6.07, 6.45) is 0. The molecule has 1 rings (SSSR count). The Balaban J connectivity index is 3.75. The summed E-state index contributed by atoms with van der Waals surface area (Å²) in [6, 6.07) is 2.23. The fraction of sp³-hybridized carbons (Fsp3) is 0. The predicted octanol–water partition coefficient (Wildman–Crippen LogP) is 1.16. The van der Waals surface area contributed by atoms with Crippen LogP contribution < -0.4 is 0 Å². The zero-order valence-electron chi connectivity index (χ0n) is 7.36. The molecule has 0 fully saturated rings. The summed E-state index contributed by atoms with van der Waals surface area (Å²) in [7, 11) is -5.54. The number of benzene rings is 1. The van der Waals surface area contributed by atoms with Crippen molar-refractivity contribution in [1.82, 2.24) is 0 Å². The zero-order valence-corrected chi connectivity index (χ0v) is 8.18. The molecular formula is C6H3FN2O6S. The normalized spacial score (nSPS) is 11.1. The van der Waals surface area contributed by atoms with Crippen LogP contribution in [0.3, 0.4) is 0 Å². The van der Waals surface area contributed by atoms with Gasteiger partial charge in [0.15, 0.2) is 0 Å². The Labute approximate surface area is 87.8 Å². The molecule has 16 heavy (non-hydrogen) atoms. The Kier molecular flexibility index (Phi) is 2.85. The number of nitrogens with zero attached hydrogens (tertiary/aromatic N) is 2. The van der Waals surface area contributed by atoms with Crippen LogP contribution in [-0.2, 0) is 10.2 Å². The second-order valence-electron chi connectivity index (χ2n) is 2.58. The summed E-state index contributed by atoms with van der Waals surface area (Å²) < 4.78 is 33.9. The van der Waals surface area contributed by atoms with Gasteiger partial charge in [0.1, 0.15) is 0 Å². The van der Waals surface area contributed by atoms with Crippen LogP contribution in [0.15, 0.2) is 23.1 Å². The van der Waals surface area contributed by atoms with E-state index in [9.17, 15) is 32.5 Å². The highest BCUT2D eigenvalue weighted by molar-refractivity contribution is 7.86. The van der Waals surface area contributed by atoms with Crippen molar-refractivity contribution < 1.29 is 22.2 Å². The quantitative estimate of drug-likeness (QED) is 0.450. The molecule has 0 amide bonds. The van der Waals surface area contributed by atoms with E-state index in [0.29, 0.717) is 12.1 Å². The molecule has 0 aliphatic heterocycles. The van der Waals surface area contributed by atoms with Crippen LogP contribution in [0.2, 0.25) is 0 Å². The summed E-state index contributed by atoms with van der Waals surface area (Å²) in [6.45, 7) is 0. The van der Waals surface area contributed by atoms with Crippen LogP contribution in [0.1, 0.15) is 0 Å². The molecule has 1 aromatic carbocycles. The minimum absolute atomic E-state index is 0.666. The zero-order chi connectivity index (χ0) is 12.5. The number of hydrogen-bond donors (Lipinski definition) is 0. The smallest absolute Gasteiger partial charge is 0.258 e. The van der Waals surface area contributed by atoms with Crippen molar-refractivity contribution in [2.45, 2.75) is 4.90 Å². The van der Waals surface area contributed by atoms with Crippen molar-refractivity contribution >= 4 is 21.6 Å². The first-order valence-electron chi connectivity index (χ1n) is 3.61. The van der Waals surface area contributed by atoms with Gasteiger partial charge in [0.2, 0.25) is 0 Å². The van der Waals surface area contributed by atoms with Gasteiger partial charge >= 0.3 is 10.2 Å². The molecule has 0 aliphatic rings. The lowest BCUT2D eigenvalue weighted by molar-refractivity contribution is -0.399. The third kappa shape index (κ3) is 2.11. The molecule has 1 aromatic rings. The molecule has 0 unspecified atom stereocenters. The number of hydrogen-bond acceptors (Lipinski definition) is 6. The highest BCUT2D eigenvalue weighted by atomic mass is 32.3. The minimum Gasteiger partial charge on any atom is -0.258 e. The topological polar surface area (TPSA) is 120 Å².